The maximum absolute atomic E-state index is 12.2. The van der Waals surface area contributed by atoms with Gasteiger partial charge in [0.25, 0.3) is 0 Å². The van der Waals surface area contributed by atoms with Crippen molar-refractivity contribution in [2.75, 3.05) is 33.4 Å². The van der Waals surface area contributed by atoms with E-state index >= 15 is 0 Å². The molecule has 1 atom stereocenters. The summed E-state index contributed by atoms with van der Waals surface area (Å²) < 4.78 is 33.8. The summed E-state index contributed by atoms with van der Waals surface area (Å²) in [4.78, 5) is 0. The predicted octanol–water partition coefficient (Wildman–Crippen LogP) is 2.95. The first kappa shape index (κ1) is 16.9. The van der Waals surface area contributed by atoms with Gasteiger partial charge in [0.15, 0.2) is 0 Å². The van der Waals surface area contributed by atoms with Gasteiger partial charge in [0.1, 0.15) is 17.7 Å². The van der Waals surface area contributed by atoms with Crippen LogP contribution in [0.25, 0.3) is 0 Å². The van der Waals surface area contributed by atoms with Gasteiger partial charge in [-0.1, -0.05) is 0 Å². The molecule has 2 heterocycles. The summed E-state index contributed by atoms with van der Waals surface area (Å²) in [7, 11) is 1.55. The summed E-state index contributed by atoms with van der Waals surface area (Å²) in [5.74, 6) is 0.437. The second-order valence-corrected chi connectivity index (χ2v) is 4.57. The number of hydrogen-bond acceptors (Lipinski definition) is 3. The van der Waals surface area contributed by atoms with Crippen molar-refractivity contribution in [3.8, 4) is 5.75 Å². The molecule has 2 saturated heterocycles. The van der Waals surface area contributed by atoms with Crippen LogP contribution < -0.4 is 10.1 Å². The van der Waals surface area contributed by atoms with Crippen LogP contribution in [0.15, 0.2) is 24.3 Å². The number of halogens is 2. The van der Waals surface area contributed by atoms with E-state index in [1.165, 1.54) is 25.0 Å². The van der Waals surface area contributed by atoms with Gasteiger partial charge in [-0.25, -0.2) is 8.78 Å². The number of methoxy groups -OCH3 is 1. The highest BCUT2D eigenvalue weighted by atomic mass is 19.1. The number of benzene rings is 1. The Morgan fingerprint density at radius 2 is 1.85 bits per heavy atom. The van der Waals surface area contributed by atoms with E-state index in [9.17, 15) is 8.78 Å². The number of alkyl halides is 1. The molecule has 114 valence electrons. The largest absolute Gasteiger partial charge is 0.497 e. The van der Waals surface area contributed by atoms with Gasteiger partial charge < -0.3 is 14.8 Å². The van der Waals surface area contributed by atoms with E-state index in [1.54, 1.807) is 19.2 Å². The lowest BCUT2D eigenvalue weighted by atomic mass is 10.3. The van der Waals surface area contributed by atoms with Crippen LogP contribution in [-0.2, 0) is 4.74 Å². The molecule has 2 aliphatic rings. The molecule has 0 saturated carbocycles. The lowest BCUT2D eigenvalue weighted by Gasteiger charge is -1.95. The van der Waals surface area contributed by atoms with Crippen molar-refractivity contribution >= 4 is 0 Å². The van der Waals surface area contributed by atoms with Crippen molar-refractivity contribution in [3.05, 3.63) is 30.1 Å². The average Bonchev–Trinajstić information content (AvgIpc) is 3.16. The molecule has 1 N–H and O–H groups in total. The van der Waals surface area contributed by atoms with E-state index in [-0.39, 0.29) is 5.82 Å². The summed E-state index contributed by atoms with van der Waals surface area (Å²) in [5.41, 5.74) is 0. The van der Waals surface area contributed by atoms with Gasteiger partial charge in [0, 0.05) is 19.8 Å². The van der Waals surface area contributed by atoms with Crippen LogP contribution in [0.5, 0.6) is 5.75 Å². The topological polar surface area (TPSA) is 30.5 Å². The quantitative estimate of drug-likeness (QED) is 0.861. The Morgan fingerprint density at radius 1 is 1.20 bits per heavy atom. The maximum Gasteiger partial charge on any atom is 0.123 e. The van der Waals surface area contributed by atoms with Crippen LogP contribution in [0.2, 0.25) is 0 Å². The van der Waals surface area contributed by atoms with Crippen LogP contribution in [-0.4, -0.2) is 39.6 Å². The highest BCUT2D eigenvalue weighted by molar-refractivity contribution is 5.21. The van der Waals surface area contributed by atoms with Crippen LogP contribution in [0, 0.1) is 5.82 Å². The highest BCUT2D eigenvalue weighted by Gasteiger charge is 2.10. The normalized spacial score (nSPS) is 20.4. The first-order valence-electron chi connectivity index (χ1n) is 6.94. The van der Waals surface area contributed by atoms with Crippen molar-refractivity contribution in [2.45, 2.75) is 25.4 Å². The zero-order valence-corrected chi connectivity index (χ0v) is 11.9. The minimum atomic E-state index is -0.565. The van der Waals surface area contributed by atoms with Gasteiger partial charge in [-0.2, -0.15) is 0 Å². The first-order chi connectivity index (χ1) is 9.72. The maximum atomic E-state index is 12.2. The molecular formula is C15H23F2NO2. The molecule has 1 aromatic carbocycles. The average molecular weight is 287 g/mol. The van der Waals surface area contributed by atoms with Gasteiger partial charge in [-0.05, 0) is 50.1 Å². The molecule has 3 nitrogen and oxygen atoms in total. The van der Waals surface area contributed by atoms with E-state index in [0.717, 1.165) is 19.8 Å². The lowest BCUT2D eigenvalue weighted by Crippen LogP contribution is -2.08. The molecule has 0 radical (unpaired) electrons. The molecule has 5 heteroatoms. The van der Waals surface area contributed by atoms with Gasteiger partial charge in [0.2, 0.25) is 0 Å². The zero-order valence-electron chi connectivity index (χ0n) is 11.9. The summed E-state index contributed by atoms with van der Waals surface area (Å²) in [6.07, 6.45) is 2.70. The minimum absolute atomic E-state index is 0.240. The summed E-state index contributed by atoms with van der Waals surface area (Å²) in [5, 5.41) is 2.90. The van der Waals surface area contributed by atoms with E-state index < -0.39 is 6.17 Å². The molecule has 0 aliphatic carbocycles. The second-order valence-electron chi connectivity index (χ2n) is 4.57. The van der Waals surface area contributed by atoms with E-state index in [0.29, 0.717) is 18.7 Å². The fourth-order valence-corrected chi connectivity index (χ4v) is 1.70. The van der Waals surface area contributed by atoms with Crippen LogP contribution in [0.4, 0.5) is 8.78 Å². The Bertz CT molecular complexity index is 329. The molecule has 2 aliphatic heterocycles. The monoisotopic (exact) mass is 287 g/mol. The number of nitrogens with one attached hydrogen (secondary N) is 1. The van der Waals surface area contributed by atoms with Gasteiger partial charge in [-0.3, -0.25) is 0 Å². The van der Waals surface area contributed by atoms with Crippen molar-refractivity contribution < 1.29 is 18.3 Å². The van der Waals surface area contributed by atoms with Gasteiger partial charge in [0.05, 0.1) is 7.11 Å². The first-order valence-corrected chi connectivity index (χ1v) is 6.94. The van der Waals surface area contributed by atoms with E-state index in [4.69, 9.17) is 9.47 Å². The Morgan fingerprint density at radius 3 is 2.15 bits per heavy atom. The third-order valence-corrected chi connectivity index (χ3v) is 2.88. The standard InChI is InChI=1S/C7H7FO.C4H8FN.C4H8O/c1-9-7-4-2-6(8)3-5-7;5-4-1-2-6-3-4;1-2-4-5-3-1/h2-5H,1H3;4,6H,1-3H2;1-4H2. The molecule has 2 fully saturated rings. The Labute approximate surface area is 119 Å². The summed E-state index contributed by atoms with van der Waals surface area (Å²) in [6, 6.07) is 5.88. The van der Waals surface area contributed by atoms with Gasteiger partial charge in [-0.15, -0.1) is 0 Å². The van der Waals surface area contributed by atoms with Crippen molar-refractivity contribution in [3.63, 3.8) is 0 Å². The predicted molar refractivity (Wildman–Crippen MR) is 75.4 cm³/mol. The molecular weight excluding hydrogens is 264 g/mol. The molecule has 0 amide bonds. The van der Waals surface area contributed by atoms with Crippen LogP contribution in [0.3, 0.4) is 0 Å². The van der Waals surface area contributed by atoms with E-state index in [2.05, 4.69) is 5.32 Å². The summed E-state index contributed by atoms with van der Waals surface area (Å²) >= 11 is 0. The van der Waals surface area contributed by atoms with Crippen LogP contribution in [0.1, 0.15) is 19.3 Å². The molecule has 3 rings (SSSR count). The summed E-state index contributed by atoms with van der Waals surface area (Å²) in [6.45, 7) is 3.43. The smallest absolute Gasteiger partial charge is 0.123 e. The molecule has 0 spiro atoms. The molecule has 0 aromatic heterocycles. The third kappa shape index (κ3) is 8.07. The molecule has 1 aromatic rings. The number of rotatable bonds is 1. The van der Waals surface area contributed by atoms with Gasteiger partial charge >= 0.3 is 0 Å². The Kier molecular flexibility index (Phi) is 8.91. The number of hydrogen-bond donors (Lipinski definition) is 1. The van der Waals surface area contributed by atoms with Crippen LogP contribution >= 0.6 is 0 Å². The third-order valence-electron chi connectivity index (χ3n) is 2.88. The Balaban J connectivity index is 0.000000158. The highest BCUT2D eigenvalue weighted by Crippen LogP contribution is 2.09. The lowest BCUT2D eigenvalue weighted by molar-refractivity contribution is 0.198. The minimum Gasteiger partial charge on any atom is -0.497 e. The SMILES string of the molecule is C1CCOC1.COc1ccc(F)cc1.FC1CCNC1. The van der Waals surface area contributed by atoms with E-state index in [1.807, 2.05) is 0 Å². The fourth-order valence-electron chi connectivity index (χ4n) is 1.70. The molecule has 20 heavy (non-hydrogen) atoms. The number of ether oxygens (including phenoxy) is 2. The Hall–Kier alpha value is -1.20. The van der Waals surface area contributed by atoms with Crippen molar-refractivity contribution in [2.24, 2.45) is 0 Å². The molecule has 0 bridgehead atoms. The van der Waals surface area contributed by atoms with Crippen molar-refractivity contribution in [1.29, 1.82) is 0 Å². The molecule has 1 unspecified atom stereocenters. The zero-order chi connectivity index (χ0) is 14.6. The fraction of sp³-hybridized carbons (Fsp3) is 0.600. The second kappa shape index (κ2) is 10.6. The van der Waals surface area contributed by atoms with Crippen molar-refractivity contribution in [1.82, 2.24) is 5.32 Å².